The fourth-order valence-corrected chi connectivity index (χ4v) is 2.06. The van der Waals surface area contributed by atoms with Crippen LogP contribution >= 0.6 is 22.6 Å². The summed E-state index contributed by atoms with van der Waals surface area (Å²) in [4.78, 5) is 22.3. The molecule has 10 heteroatoms. The van der Waals surface area contributed by atoms with Gasteiger partial charge < -0.3 is 35.6 Å². The first-order chi connectivity index (χ1) is 9.81. The van der Waals surface area contributed by atoms with E-state index in [1.165, 1.54) is 0 Å². The van der Waals surface area contributed by atoms with E-state index in [0.717, 1.165) is 6.08 Å². The standard InChI is InChI=1S/C11H16INO8/c12-2-7(17)13-8-4(15)1-6(11(19)20)21-10(8)9(18)5(16)3-14/h1,4-5,8-10,14-16,18H,2-3H2,(H,13,17)(H,19,20)/t4-,5+,8+,9+,10+/m0/s1. The van der Waals surface area contributed by atoms with Crippen molar-refractivity contribution >= 4 is 34.5 Å². The second-order valence-electron chi connectivity index (χ2n) is 4.38. The van der Waals surface area contributed by atoms with Crippen LogP contribution in [0.2, 0.25) is 0 Å². The molecule has 1 rings (SSSR count). The third-order valence-corrected chi connectivity index (χ3v) is 3.58. The van der Waals surface area contributed by atoms with E-state index >= 15 is 0 Å². The van der Waals surface area contributed by atoms with Gasteiger partial charge in [0, 0.05) is 0 Å². The normalized spacial score (nSPS) is 28.0. The van der Waals surface area contributed by atoms with Gasteiger partial charge in [0.25, 0.3) is 0 Å². The Balaban J connectivity index is 3.04. The van der Waals surface area contributed by atoms with Crippen molar-refractivity contribution in [3.05, 3.63) is 11.8 Å². The molecule has 6 N–H and O–H groups in total. The zero-order chi connectivity index (χ0) is 16.2. The first-order valence-electron chi connectivity index (χ1n) is 5.94. The maximum atomic E-state index is 11.4. The highest BCUT2D eigenvalue weighted by Crippen LogP contribution is 2.22. The predicted molar refractivity (Wildman–Crippen MR) is 76.5 cm³/mol. The van der Waals surface area contributed by atoms with Gasteiger partial charge in [-0.05, 0) is 6.08 Å². The van der Waals surface area contributed by atoms with E-state index in [1.807, 2.05) is 0 Å². The molecule has 0 aliphatic carbocycles. The topological polar surface area (TPSA) is 157 Å². The van der Waals surface area contributed by atoms with Crippen LogP contribution in [0.25, 0.3) is 0 Å². The molecule has 0 aromatic heterocycles. The second kappa shape index (κ2) is 7.89. The SMILES string of the molecule is O=C(CI)N[C@H]1[C@H]([C@H](O)[C@H](O)CO)OC(C(=O)O)=C[C@@H]1O. The Morgan fingerprint density at radius 1 is 1.43 bits per heavy atom. The van der Waals surface area contributed by atoms with Crippen LogP contribution in [0, 0.1) is 0 Å². The molecule has 5 atom stereocenters. The predicted octanol–water partition coefficient (Wildman–Crippen LogP) is -2.65. The molecule has 1 aliphatic heterocycles. The molecular weight excluding hydrogens is 401 g/mol. The highest BCUT2D eigenvalue weighted by Gasteiger charge is 2.43. The van der Waals surface area contributed by atoms with E-state index in [0.29, 0.717) is 0 Å². The van der Waals surface area contributed by atoms with E-state index in [4.69, 9.17) is 14.9 Å². The number of carbonyl (C=O) groups excluding carboxylic acids is 1. The van der Waals surface area contributed by atoms with Gasteiger partial charge in [-0.2, -0.15) is 0 Å². The summed E-state index contributed by atoms with van der Waals surface area (Å²) in [6, 6.07) is -1.16. The number of amides is 1. The average Bonchev–Trinajstić information content (AvgIpc) is 2.46. The molecule has 0 unspecified atom stereocenters. The van der Waals surface area contributed by atoms with Gasteiger partial charge >= 0.3 is 5.97 Å². The number of carboxylic acid groups (broad SMARTS) is 1. The van der Waals surface area contributed by atoms with Crippen LogP contribution in [0.1, 0.15) is 0 Å². The lowest BCUT2D eigenvalue weighted by Crippen LogP contribution is -2.60. The van der Waals surface area contributed by atoms with Crippen molar-refractivity contribution in [1.29, 1.82) is 0 Å². The van der Waals surface area contributed by atoms with Gasteiger partial charge in [0.2, 0.25) is 11.7 Å². The monoisotopic (exact) mass is 417 g/mol. The number of rotatable bonds is 6. The number of carbonyl (C=O) groups is 2. The number of halogens is 1. The highest BCUT2D eigenvalue weighted by atomic mass is 127. The number of nitrogens with one attached hydrogen (secondary N) is 1. The van der Waals surface area contributed by atoms with Crippen molar-refractivity contribution in [3.8, 4) is 0 Å². The number of alkyl halides is 1. The zero-order valence-corrected chi connectivity index (χ0v) is 12.9. The van der Waals surface area contributed by atoms with Crippen LogP contribution in [-0.2, 0) is 14.3 Å². The van der Waals surface area contributed by atoms with Crippen molar-refractivity contribution in [3.63, 3.8) is 0 Å². The number of hydrogen-bond donors (Lipinski definition) is 6. The first-order valence-corrected chi connectivity index (χ1v) is 7.46. The molecule has 0 saturated carbocycles. The van der Waals surface area contributed by atoms with Gasteiger partial charge in [-0.3, -0.25) is 4.79 Å². The molecule has 0 spiro atoms. The summed E-state index contributed by atoms with van der Waals surface area (Å²) < 4.78 is 5.10. The number of carboxylic acids is 1. The Kier molecular flexibility index (Phi) is 6.80. The van der Waals surface area contributed by atoms with Crippen LogP contribution < -0.4 is 5.32 Å². The second-order valence-corrected chi connectivity index (χ2v) is 5.14. The molecule has 0 fully saturated rings. The Bertz CT molecular complexity index is 428. The van der Waals surface area contributed by atoms with Crippen molar-refractivity contribution in [1.82, 2.24) is 5.32 Å². The lowest BCUT2D eigenvalue weighted by atomic mass is 9.94. The van der Waals surface area contributed by atoms with E-state index in [2.05, 4.69) is 5.32 Å². The van der Waals surface area contributed by atoms with Gasteiger partial charge in [-0.15, -0.1) is 0 Å². The first kappa shape index (κ1) is 18.1. The molecule has 0 saturated heterocycles. The Morgan fingerprint density at radius 2 is 2.05 bits per heavy atom. The van der Waals surface area contributed by atoms with Gasteiger partial charge in [0.15, 0.2) is 6.10 Å². The molecule has 0 aromatic rings. The number of aliphatic carboxylic acids is 1. The summed E-state index contributed by atoms with van der Waals surface area (Å²) in [5.41, 5.74) is 0. The lowest BCUT2D eigenvalue weighted by molar-refractivity contribution is -0.149. The summed E-state index contributed by atoms with van der Waals surface area (Å²) in [6.45, 7) is -0.795. The van der Waals surface area contributed by atoms with Gasteiger partial charge in [0.1, 0.15) is 18.3 Å². The van der Waals surface area contributed by atoms with E-state index < -0.39 is 54.7 Å². The van der Waals surface area contributed by atoms with Gasteiger partial charge in [0.05, 0.1) is 17.1 Å². The third kappa shape index (κ3) is 4.51. The largest absolute Gasteiger partial charge is 0.478 e. The smallest absolute Gasteiger partial charge is 0.370 e. The molecule has 1 aliphatic rings. The summed E-state index contributed by atoms with van der Waals surface area (Å²) in [7, 11) is 0. The van der Waals surface area contributed by atoms with Gasteiger partial charge in [-0.1, -0.05) is 22.6 Å². The lowest BCUT2D eigenvalue weighted by Gasteiger charge is -2.38. The summed E-state index contributed by atoms with van der Waals surface area (Å²) >= 11 is 1.78. The molecule has 9 nitrogen and oxygen atoms in total. The van der Waals surface area contributed by atoms with E-state index in [9.17, 15) is 24.9 Å². The molecule has 0 bridgehead atoms. The fraction of sp³-hybridized carbons (Fsp3) is 0.636. The molecule has 0 radical (unpaired) electrons. The Morgan fingerprint density at radius 3 is 2.52 bits per heavy atom. The number of aliphatic hydroxyl groups excluding tert-OH is 4. The molecule has 21 heavy (non-hydrogen) atoms. The molecule has 1 heterocycles. The average molecular weight is 417 g/mol. The van der Waals surface area contributed by atoms with Crippen LogP contribution in [0.15, 0.2) is 11.8 Å². The van der Waals surface area contributed by atoms with Crippen molar-refractivity contribution in [2.24, 2.45) is 0 Å². The Labute approximate surface area is 133 Å². The summed E-state index contributed by atoms with van der Waals surface area (Å²) in [5, 5.41) is 49.4. The van der Waals surface area contributed by atoms with Crippen LogP contribution in [0.4, 0.5) is 0 Å². The summed E-state index contributed by atoms with van der Waals surface area (Å²) in [5.74, 6) is -2.55. The summed E-state index contributed by atoms with van der Waals surface area (Å²) in [6.07, 6.45) is -5.29. The third-order valence-electron chi connectivity index (χ3n) is 2.88. The van der Waals surface area contributed by atoms with Gasteiger partial charge in [-0.25, -0.2) is 4.79 Å². The Hall–Kier alpha value is -0.950. The minimum absolute atomic E-state index is 0.0713. The van der Waals surface area contributed by atoms with E-state index in [1.54, 1.807) is 22.6 Å². The molecule has 1 amide bonds. The molecule has 0 aromatic carbocycles. The number of hydrogen-bond acceptors (Lipinski definition) is 7. The molecular formula is C11H16INO8. The highest BCUT2D eigenvalue weighted by molar-refractivity contribution is 14.1. The minimum atomic E-state index is -1.70. The quantitative estimate of drug-likeness (QED) is 0.202. The molecule has 120 valence electrons. The minimum Gasteiger partial charge on any atom is -0.478 e. The number of ether oxygens (including phenoxy) is 1. The van der Waals surface area contributed by atoms with Crippen molar-refractivity contribution < 1.29 is 39.9 Å². The fourth-order valence-electron chi connectivity index (χ4n) is 1.84. The maximum absolute atomic E-state index is 11.4. The van der Waals surface area contributed by atoms with Crippen LogP contribution in [0.3, 0.4) is 0 Å². The van der Waals surface area contributed by atoms with Crippen molar-refractivity contribution in [2.75, 3.05) is 11.0 Å². The van der Waals surface area contributed by atoms with Crippen molar-refractivity contribution in [2.45, 2.75) is 30.5 Å². The van der Waals surface area contributed by atoms with Crippen LogP contribution in [0.5, 0.6) is 0 Å². The van der Waals surface area contributed by atoms with Crippen LogP contribution in [-0.4, -0.2) is 78.9 Å². The number of aliphatic hydroxyl groups is 4. The van der Waals surface area contributed by atoms with E-state index in [-0.39, 0.29) is 4.43 Å². The maximum Gasteiger partial charge on any atom is 0.370 e. The zero-order valence-electron chi connectivity index (χ0n) is 10.7.